The molecule has 0 spiro atoms. The summed E-state index contributed by atoms with van der Waals surface area (Å²) in [6.45, 7) is 8.91. The molecule has 62 heavy (non-hydrogen) atoms. The number of rotatable bonds is 4. The van der Waals surface area contributed by atoms with Gasteiger partial charge in [-0.25, -0.2) is 0 Å². The van der Waals surface area contributed by atoms with Crippen molar-refractivity contribution >= 4 is 86.2 Å². The normalized spacial score (nSPS) is 12.2. The van der Waals surface area contributed by atoms with Crippen molar-refractivity contribution in [2.45, 2.75) is 27.7 Å². The van der Waals surface area contributed by atoms with E-state index in [1.54, 1.807) is 0 Å². The van der Waals surface area contributed by atoms with Crippen LogP contribution in [0.4, 0.5) is 0 Å². The van der Waals surface area contributed by atoms with Crippen molar-refractivity contribution in [2.24, 2.45) is 0 Å². The van der Waals surface area contributed by atoms with Gasteiger partial charge in [-0.2, -0.15) is 0 Å². The molecule has 0 heterocycles. The molecule has 0 aromatic heterocycles. The molecule has 0 heteroatoms. The maximum absolute atomic E-state index is 2.53. The molecule has 0 aliphatic heterocycles. The number of hydrogen-bond donors (Lipinski definition) is 0. The van der Waals surface area contributed by atoms with Gasteiger partial charge >= 0.3 is 0 Å². The number of hydrogen-bond acceptors (Lipinski definition) is 0. The first-order valence-corrected chi connectivity index (χ1v) is 21.9. The van der Waals surface area contributed by atoms with Crippen LogP contribution in [0.25, 0.3) is 131 Å². The Bertz CT molecular complexity index is 3750. The Morgan fingerprint density at radius 2 is 0.435 bits per heavy atom. The third kappa shape index (κ3) is 4.95. The maximum Gasteiger partial charge on any atom is -0.00195 e. The molecule has 0 saturated heterocycles. The fourth-order valence-electron chi connectivity index (χ4n) is 11.2. The van der Waals surface area contributed by atoms with Crippen LogP contribution in [0.15, 0.2) is 182 Å². The van der Waals surface area contributed by atoms with Gasteiger partial charge in [0.15, 0.2) is 0 Å². The minimum Gasteiger partial charge on any atom is -0.0620 e. The van der Waals surface area contributed by atoms with Gasteiger partial charge in [0.1, 0.15) is 0 Å². The summed E-state index contributed by atoms with van der Waals surface area (Å²) < 4.78 is 0. The summed E-state index contributed by atoms with van der Waals surface area (Å²) in [4.78, 5) is 0. The standard InChI is InChI=1S/C62H42/c1-35-13-5-9-17-43(35)39-21-23-47-51(27-39)57-31-41(45-19-11-7-15-37(45)3)29-55-49-25-26-50-54(53(49)33-59(47)61(55)57)34-60-48-24-22-40(44-18-10-6-14-36(44)2)28-52(48)58-32-42(30-56(50)62(58)60)46-20-12-8-16-38(46)4/h5-34H,1-4H3. The predicted octanol–water partition coefficient (Wildman–Crippen LogP) is 17.7. The van der Waals surface area contributed by atoms with Gasteiger partial charge in [-0.15, -0.1) is 0 Å². The highest BCUT2D eigenvalue weighted by Gasteiger charge is 2.22. The van der Waals surface area contributed by atoms with Gasteiger partial charge in [-0.1, -0.05) is 133 Å². The van der Waals surface area contributed by atoms with Gasteiger partial charge in [0.05, 0.1) is 0 Å². The average Bonchev–Trinajstić information content (AvgIpc) is 3.78. The van der Waals surface area contributed by atoms with Crippen LogP contribution < -0.4 is 0 Å². The van der Waals surface area contributed by atoms with E-state index >= 15 is 0 Å². The zero-order valence-electron chi connectivity index (χ0n) is 35.3. The van der Waals surface area contributed by atoms with Crippen LogP contribution in [0.2, 0.25) is 0 Å². The quantitative estimate of drug-likeness (QED) is 0.156. The minimum atomic E-state index is 1.26. The molecule has 0 radical (unpaired) electrons. The Hall–Kier alpha value is -7.54. The summed E-state index contributed by atoms with van der Waals surface area (Å²) in [7, 11) is 0. The SMILES string of the molecule is Cc1ccccc1-c1ccc2c(c1)c1cc(-c3ccccc3C)cc3c4ccc5c(cc6c7ccc(-c8ccccc8C)cc7c7cc(-c8ccccc8C)cc5c76)c4cc2c31. The van der Waals surface area contributed by atoms with Crippen molar-refractivity contribution in [3.05, 3.63) is 204 Å². The first kappa shape index (κ1) is 35.2. The fourth-order valence-corrected chi connectivity index (χ4v) is 11.2. The van der Waals surface area contributed by atoms with E-state index in [2.05, 4.69) is 210 Å². The van der Waals surface area contributed by atoms with E-state index in [4.69, 9.17) is 0 Å². The summed E-state index contributed by atoms with van der Waals surface area (Å²) in [5.74, 6) is 0. The number of fused-ring (bicyclic) bond motifs is 11. The Morgan fingerprint density at radius 1 is 0.194 bits per heavy atom. The van der Waals surface area contributed by atoms with E-state index in [9.17, 15) is 0 Å². The second kappa shape index (κ2) is 13.0. The first-order chi connectivity index (χ1) is 30.4. The summed E-state index contributed by atoms with van der Waals surface area (Å²) in [5, 5.41) is 21.1. The molecule has 0 aliphatic rings. The average molecular weight is 787 g/mol. The minimum absolute atomic E-state index is 1.26. The molecule has 0 atom stereocenters. The molecule has 290 valence electrons. The van der Waals surface area contributed by atoms with Crippen LogP contribution in [0, 0.1) is 27.7 Å². The lowest BCUT2D eigenvalue weighted by Crippen LogP contribution is -1.88. The molecular weight excluding hydrogens is 745 g/mol. The van der Waals surface area contributed by atoms with Gasteiger partial charge in [0.2, 0.25) is 0 Å². The molecule has 0 aliphatic carbocycles. The highest BCUT2D eigenvalue weighted by atomic mass is 14.3. The summed E-state index contributed by atoms with van der Waals surface area (Å²) in [5.41, 5.74) is 15.4. The zero-order valence-corrected chi connectivity index (χ0v) is 35.3. The predicted molar refractivity (Wildman–Crippen MR) is 270 cm³/mol. The monoisotopic (exact) mass is 786 g/mol. The summed E-state index contributed by atoms with van der Waals surface area (Å²) in [6.07, 6.45) is 0. The molecule has 0 saturated carbocycles. The van der Waals surface area contributed by atoms with E-state index < -0.39 is 0 Å². The Kier molecular flexibility index (Phi) is 7.38. The lowest BCUT2D eigenvalue weighted by atomic mass is 9.89. The molecule has 0 nitrogen and oxygen atoms in total. The van der Waals surface area contributed by atoms with Crippen molar-refractivity contribution in [3.63, 3.8) is 0 Å². The van der Waals surface area contributed by atoms with Crippen LogP contribution >= 0.6 is 0 Å². The number of aryl methyl sites for hydroxylation is 4. The van der Waals surface area contributed by atoms with Gasteiger partial charge in [-0.05, 0) is 229 Å². The van der Waals surface area contributed by atoms with Crippen LogP contribution in [-0.4, -0.2) is 0 Å². The third-order valence-corrected chi connectivity index (χ3v) is 14.3. The molecule has 0 unspecified atom stereocenters. The van der Waals surface area contributed by atoms with Gasteiger partial charge < -0.3 is 0 Å². The lowest BCUT2D eigenvalue weighted by Gasteiger charge is -2.15. The molecule has 0 bridgehead atoms. The summed E-state index contributed by atoms with van der Waals surface area (Å²) in [6, 6.07) is 69.3. The highest BCUT2D eigenvalue weighted by Crippen LogP contribution is 2.50. The van der Waals surface area contributed by atoms with Crippen molar-refractivity contribution in [2.75, 3.05) is 0 Å². The van der Waals surface area contributed by atoms with Crippen LogP contribution in [0.5, 0.6) is 0 Å². The smallest absolute Gasteiger partial charge is 0.00195 e. The molecule has 0 N–H and O–H groups in total. The van der Waals surface area contributed by atoms with Crippen LogP contribution in [0.1, 0.15) is 22.3 Å². The molecule has 13 rings (SSSR count). The van der Waals surface area contributed by atoms with Crippen molar-refractivity contribution in [3.8, 4) is 44.5 Å². The number of benzene rings is 11. The third-order valence-electron chi connectivity index (χ3n) is 14.3. The zero-order chi connectivity index (χ0) is 41.4. The molecule has 13 aromatic carbocycles. The summed E-state index contributed by atoms with van der Waals surface area (Å²) >= 11 is 0. The first-order valence-electron chi connectivity index (χ1n) is 21.9. The molecule has 0 fully saturated rings. The fraction of sp³-hybridized carbons (Fsp3) is 0.0645. The Labute approximate surface area is 361 Å². The van der Waals surface area contributed by atoms with Crippen molar-refractivity contribution in [1.82, 2.24) is 0 Å². The van der Waals surface area contributed by atoms with Gasteiger partial charge in [0, 0.05) is 0 Å². The van der Waals surface area contributed by atoms with E-state index in [0.717, 1.165) is 0 Å². The van der Waals surface area contributed by atoms with Gasteiger partial charge in [0.25, 0.3) is 0 Å². The lowest BCUT2D eigenvalue weighted by molar-refractivity contribution is 1.46. The van der Waals surface area contributed by atoms with E-state index in [1.165, 1.54) is 153 Å². The molecule has 0 amide bonds. The second-order valence-electron chi connectivity index (χ2n) is 17.8. The maximum atomic E-state index is 2.53. The molecular formula is C62H42. The van der Waals surface area contributed by atoms with Crippen molar-refractivity contribution in [1.29, 1.82) is 0 Å². The van der Waals surface area contributed by atoms with E-state index in [1.807, 2.05) is 0 Å². The Morgan fingerprint density at radius 3 is 0.774 bits per heavy atom. The van der Waals surface area contributed by atoms with Gasteiger partial charge in [-0.3, -0.25) is 0 Å². The van der Waals surface area contributed by atoms with E-state index in [0.29, 0.717) is 0 Å². The second-order valence-corrected chi connectivity index (χ2v) is 17.8. The van der Waals surface area contributed by atoms with E-state index in [-0.39, 0.29) is 0 Å². The largest absolute Gasteiger partial charge is 0.0620 e. The van der Waals surface area contributed by atoms with Crippen LogP contribution in [0.3, 0.4) is 0 Å². The molecule has 13 aromatic rings. The van der Waals surface area contributed by atoms with Crippen LogP contribution in [-0.2, 0) is 0 Å². The van der Waals surface area contributed by atoms with Crippen molar-refractivity contribution < 1.29 is 0 Å². The topological polar surface area (TPSA) is 0 Å². The Balaban J connectivity index is 1.18. The highest BCUT2D eigenvalue weighted by molar-refractivity contribution is 6.41.